The molecule has 12 heteroatoms. The Bertz CT molecular complexity index is 1240. The molecule has 0 fully saturated rings. The van der Waals surface area contributed by atoms with E-state index in [-0.39, 0.29) is 18.9 Å². The quantitative estimate of drug-likeness (QED) is 0.372. The molecule has 10 nitrogen and oxygen atoms in total. The van der Waals surface area contributed by atoms with Gasteiger partial charge in [0, 0.05) is 27.6 Å². The van der Waals surface area contributed by atoms with E-state index in [0.717, 1.165) is 19.4 Å². The first-order valence-corrected chi connectivity index (χ1v) is 13.2. The number of carbonyl (C=O) groups excluding carboxylic acids is 1. The Morgan fingerprint density at radius 3 is 2.69 bits per heavy atom. The summed E-state index contributed by atoms with van der Waals surface area (Å²) in [5.41, 5.74) is 6.77. The van der Waals surface area contributed by atoms with Gasteiger partial charge in [0.1, 0.15) is 11.9 Å². The maximum Gasteiger partial charge on any atom is 0.410 e. The number of aromatic nitrogens is 4. The summed E-state index contributed by atoms with van der Waals surface area (Å²) < 4.78 is 19.7. The Morgan fingerprint density at radius 2 is 2.00 bits per heavy atom. The average Bonchev–Trinajstić information content (AvgIpc) is 3.34. The molecule has 1 aliphatic rings. The monoisotopic (exact) mass is 609 g/mol. The molecule has 1 amide bonds. The zero-order valence-electron chi connectivity index (χ0n) is 20.4. The van der Waals surface area contributed by atoms with E-state index in [2.05, 4.69) is 32.6 Å². The lowest BCUT2D eigenvalue weighted by Crippen LogP contribution is -2.41. The Balaban J connectivity index is 1.58. The van der Waals surface area contributed by atoms with E-state index in [0.29, 0.717) is 42.2 Å². The van der Waals surface area contributed by atoms with Crippen LogP contribution in [0, 0.1) is 3.57 Å². The number of fused-ring (bicyclic) bond motifs is 2. The van der Waals surface area contributed by atoms with Gasteiger partial charge < -0.3 is 29.4 Å². The van der Waals surface area contributed by atoms with E-state index in [4.69, 9.17) is 24.9 Å². The van der Waals surface area contributed by atoms with Crippen molar-refractivity contribution in [2.75, 3.05) is 19.1 Å². The summed E-state index contributed by atoms with van der Waals surface area (Å²) in [6.45, 7) is 10.9. The van der Waals surface area contributed by atoms with Gasteiger partial charge in [-0.05, 0) is 75.8 Å². The van der Waals surface area contributed by atoms with Gasteiger partial charge in [0.05, 0.1) is 0 Å². The molecular formula is C23H29IN6O4S. The van der Waals surface area contributed by atoms with Crippen LogP contribution in [0.25, 0.3) is 11.2 Å². The predicted molar refractivity (Wildman–Crippen MR) is 142 cm³/mol. The summed E-state index contributed by atoms with van der Waals surface area (Å²) in [6.07, 6.45) is 1.80. The van der Waals surface area contributed by atoms with Crippen LogP contribution in [-0.4, -0.2) is 55.5 Å². The third-order valence-corrected chi connectivity index (χ3v) is 7.50. The van der Waals surface area contributed by atoms with Crippen LogP contribution in [0.3, 0.4) is 0 Å². The van der Waals surface area contributed by atoms with Crippen molar-refractivity contribution in [3.8, 4) is 11.5 Å². The third-order valence-electron chi connectivity index (χ3n) is 5.19. The largest absolute Gasteiger partial charge is 0.454 e. The highest BCUT2D eigenvalue weighted by Gasteiger charge is 2.25. The van der Waals surface area contributed by atoms with Gasteiger partial charge in [-0.1, -0.05) is 11.8 Å². The molecule has 0 saturated heterocycles. The Kier molecular flexibility index (Phi) is 7.50. The summed E-state index contributed by atoms with van der Waals surface area (Å²) in [5, 5.41) is 0.734. The van der Waals surface area contributed by atoms with E-state index in [1.807, 2.05) is 51.3 Å². The second-order valence-corrected chi connectivity index (χ2v) is 11.5. The van der Waals surface area contributed by atoms with Crippen LogP contribution in [0.1, 0.15) is 41.0 Å². The van der Waals surface area contributed by atoms with Crippen molar-refractivity contribution in [2.24, 2.45) is 0 Å². The van der Waals surface area contributed by atoms with Crippen molar-refractivity contribution in [1.29, 1.82) is 0 Å². The van der Waals surface area contributed by atoms with Crippen molar-refractivity contribution in [3.63, 3.8) is 0 Å². The number of rotatable bonds is 7. The van der Waals surface area contributed by atoms with Gasteiger partial charge in [-0.15, -0.1) is 0 Å². The maximum atomic E-state index is 12.7. The van der Waals surface area contributed by atoms with Gasteiger partial charge in [0.15, 0.2) is 33.6 Å². The molecule has 1 aliphatic heterocycles. The fourth-order valence-electron chi connectivity index (χ4n) is 3.57. The van der Waals surface area contributed by atoms with E-state index in [9.17, 15) is 4.79 Å². The lowest BCUT2D eigenvalue weighted by atomic mass is 10.2. The number of benzene rings is 1. The summed E-state index contributed by atoms with van der Waals surface area (Å²) in [4.78, 5) is 28.7. The first-order valence-electron chi connectivity index (χ1n) is 11.3. The lowest BCUT2D eigenvalue weighted by molar-refractivity contribution is 0.0186. The number of imidazole rings is 1. The summed E-state index contributed by atoms with van der Waals surface area (Å²) in [5.74, 6) is 1.77. The Morgan fingerprint density at radius 1 is 1.29 bits per heavy atom. The summed E-state index contributed by atoms with van der Waals surface area (Å²) in [6, 6.07) is 3.91. The molecule has 0 atom stereocenters. The average molecular weight is 609 g/mol. The van der Waals surface area contributed by atoms with Gasteiger partial charge in [-0.2, -0.15) is 0 Å². The Hall–Kier alpha value is -2.48. The third kappa shape index (κ3) is 5.85. The van der Waals surface area contributed by atoms with E-state index >= 15 is 0 Å². The predicted octanol–water partition coefficient (Wildman–Crippen LogP) is 4.93. The molecule has 1 aromatic carbocycles. The first-order chi connectivity index (χ1) is 16.5. The minimum absolute atomic E-state index is 0.00593. The number of anilines is 1. The van der Waals surface area contributed by atoms with Gasteiger partial charge in [-0.3, -0.25) is 0 Å². The molecule has 4 rings (SSSR count). The van der Waals surface area contributed by atoms with Crippen molar-refractivity contribution >= 4 is 57.4 Å². The molecule has 3 aromatic rings. The molecule has 35 heavy (non-hydrogen) atoms. The molecule has 2 N–H and O–H groups in total. The van der Waals surface area contributed by atoms with Crippen molar-refractivity contribution in [3.05, 3.63) is 22.0 Å². The van der Waals surface area contributed by atoms with E-state index in [1.54, 1.807) is 4.90 Å². The molecule has 188 valence electrons. The van der Waals surface area contributed by atoms with Crippen molar-refractivity contribution < 1.29 is 19.0 Å². The van der Waals surface area contributed by atoms with Gasteiger partial charge >= 0.3 is 6.09 Å². The van der Waals surface area contributed by atoms with Crippen LogP contribution in [0.5, 0.6) is 11.5 Å². The van der Waals surface area contributed by atoms with Crippen molar-refractivity contribution in [2.45, 2.75) is 69.3 Å². The highest BCUT2D eigenvalue weighted by molar-refractivity contribution is 14.1. The second-order valence-electron chi connectivity index (χ2n) is 9.34. The number of nitrogens with two attached hydrogens (primary N) is 1. The van der Waals surface area contributed by atoms with Crippen molar-refractivity contribution in [1.82, 2.24) is 24.4 Å². The number of hydrogen-bond donors (Lipinski definition) is 1. The SMILES string of the molecule is CC(C)N(CCCn1c(Sc2cc3c(cc2[124I])OCO3)nc2c(N)ncnc21)C(=O)OC(C)(C)C. The fourth-order valence-corrected chi connectivity index (χ4v) is 5.28. The number of halogens is 1. The number of nitrogens with zero attached hydrogens (tertiary/aromatic N) is 5. The normalized spacial score (nSPS) is 13.0. The molecule has 0 unspecified atom stereocenters. The van der Waals surface area contributed by atoms with Crippen LogP contribution in [0.2, 0.25) is 0 Å². The summed E-state index contributed by atoms with van der Waals surface area (Å²) in [7, 11) is 0. The Labute approximate surface area is 222 Å². The number of ether oxygens (including phenoxy) is 3. The first kappa shape index (κ1) is 25.6. The maximum absolute atomic E-state index is 12.7. The zero-order chi connectivity index (χ0) is 25.3. The van der Waals surface area contributed by atoms with Gasteiger partial charge in [0.2, 0.25) is 6.79 Å². The smallest absolute Gasteiger partial charge is 0.410 e. The second kappa shape index (κ2) is 10.2. The molecular weight excluding hydrogens is 580 g/mol. The standard InChI is InChI=1S/C23H29IN6O4S/c1-13(2)29(22(31)34-23(3,4)5)7-6-8-30-20-18(19(25)26-11-27-20)28-21(30)35-17-10-16-15(9-14(17)24)32-12-33-16/h9-11,13H,6-8,12H2,1-5H3,(H2,25,26,27)/i24-3. The highest BCUT2D eigenvalue weighted by Crippen LogP contribution is 2.41. The van der Waals surface area contributed by atoms with E-state index < -0.39 is 5.60 Å². The molecule has 2 aromatic heterocycles. The molecule has 0 spiro atoms. The van der Waals surface area contributed by atoms with Crippen LogP contribution in [-0.2, 0) is 11.3 Å². The van der Waals surface area contributed by atoms with Gasteiger partial charge in [0.25, 0.3) is 0 Å². The van der Waals surface area contributed by atoms with Crippen LogP contribution < -0.4 is 15.2 Å². The topological polar surface area (TPSA) is 118 Å². The van der Waals surface area contributed by atoms with Crippen LogP contribution >= 0.6 is 34.4 Å². The lowest BCUT2D eigenvalue weighted by Gasteiger charge is -2.30. The number of hydrogen-bond acceptors (Lipinski definition) is 9. The number of nitrogen functional groups attached to an aromatic ring is 1. The fraction of sp³-hybridized carbons (Fsp3) is 0.478. The molecule has 3 heterocycles. The molecule has 0 aliphatic carbocycles. The number of aryl methyl sites for hydroxylation is 1. The zero-order valence-corrected chi connectivity index (χ0v) is 23.3. The number of carbonyl (C=O) groups is 1. The summed E-state index contributed by atoms with van der Waals surface area (Å²) >= 11 is 3.78. The minimum atomic E-state index is -0.551. The van der Waals surface area contributed by atoms with Crippen LogP contribution in [0.15, 0.2) is 28.5 Å². The van der Waals surface area contributed by atoms with Gasteiger partial charge in [-0.25, -0.2) is 19.7 Å². The molecule has 0 radical (unpaired) electrons. The van der Waals surface area contributed by atoms with Crippen LogP contribution in [0.4, 0.5) is 10.6 Å². The number of amides is 1. The molecule has 0 bridgehead atoms. The molecule has 0 saturated carbocycles. The highest BCUT2D eigenvalue weighted by atomic mass is 124. The minimum Gasteiger partial charge on any atom is -0.454 e. The van der Waals surface area contributed by atoms with E-state index in [1.165, 1.54) is 18.1 Å².